The van der Waals surface area contributed by atoms with Gasteiger partial charge in [-0.15, -0.1) is 11.3 Å². The van der Waals surface area contributed by atoms with E-state index < -0.39 is 9.84 Å². The number of aryl methyl sites for hydroxylation is 2. The molecule has 1 fully saturated rings. The van der Waals surface area contributed by atoms with Gasteiger partial charge in [0.05, 0.1) is 16.9 Å². The molecule has 0 saturated carbocycles. The van der Waals surface area contributed by atoms with Gasteiger partial charge >= 0.3 is 0 Å². The van der Waals surface area contributed by atoms with Crippen molar-refractivity contribution in [3.05, 3.63) is 16.8 Å². The Morgan fingerprint density at radius 2 is 1.95 bits per heavy atom. The highest BCUT2D eigenvalue weighted by Crippen LogP contribution is 2.33. The van der Waals surface area contributed by atoms with Gasteiger partial charge in [0.15, 0.2) is 0 Å². The van der Waals surface area contributed by atoms with E-state index in [1.807, 2.05) is 0 Å². The van der Waals surface area contributed by atoms with Crippen molar-refractivity contribution in [3.8, 4) is 0 Å². The van der Waals surface area contributed by atoms with Crippen LogP contribution in [0.2, 0.25) is 0 Å². The molecule has 0 unspecified atom stereocenters. The van der Waals surface area contributed by atoms with Crippen LogP contribution in [0.5, 0.6) is 0 Å². The summed E-state index contributed by atoms with van der Waals surface area (Å²) in [6.07, 6.45) is 2.87. The number of nitrogens with zero attached hydrogens (tertiary/aromatic N) is 2. The van der Waals surface area contributed by atoms with E-state index in [1.54, 1.807) is 17.7 Å². The molecule has 3 rings (SSSR count). The molecule has 0 amide bonds. The van der Waals surface area contributed by atoms with Gasteiger partial charge in [-0.05, 0) is 32.3 Å². The molecule has 7 heteroatoms. The molecule has 1 aliphatic heterocycles. The van der Waals surface area contributed by atoms with Crippen molar-refractivity contribution in [2.45, 2.75) is 32.7 Å². The standard InChI is InChI=1S/C13H17N3O2S2/c1-8-9(2)19-13-11(8)12(14-7-15-13)16-10-3-5-20(17,18)6-4-10/h7,10H,3-6H2,1-2H3,(H,14,15,16). The van der Waals surface area contributed by atoms with E-state index in [0.29, 0.717) is 12.8 Å². The number of anilines is 1. The SMILES string of the molecule is Cc1sc2ncnc(NC3CCS(=O)(=O)CC3)c2c1C. The monoisotopic (exact) mass is 311 g/mol. The number of hydrogen-bond donors (Lipinski definition) is 1. The Hall–Kier alpha value is -1.21. The Morgan fingerprint density at radius 3 is 2.65 bits per heavy atom. The quantitative estimate of drug-likeness (QED) is 0.921. The first-order valence-electron chi connectivity index (χ1n) is 6.64. The smallest absolute Gasteiger partial charge is 0.150 e. The zero-order valence-corrected chi connectivity index (χ0v) is 13.1. The van der Waals surface area contributed by atoms with Gasteiger partial charge in [-0.2, -0.15) is 0 Å². The van der Waals surface area contributed by atoms with Crippen LogP contribution in [-0.2, 0) is 9.84 Å². The lowest BCUT2D eigenvalue weighted by Crippen LogP contribution is -2.32. The zero-order valence-electron chi connectivity index (χ0n) is 11.5. The topological polar surface area (TPSA) is 72.0 Å². The summed E-state index contributed by atoms with van der Waals surface area (Å²) in [6, 6.07) is 0.177. The summed E-state index contributed by atoms with van der Waals surface area (Å²) in [4.78, 5) is 10.9. The molecule has 0 atom stereocenters. The summed E-state index contributed by atoms with van der Waals surface area (Å²) in [5.41, 5.74) is 1.21. The molecule has 0 aromatic carbocycles. The van der Waals surface area contributed by atoms with E-state index in [2.05, 4.69) is 29.1 Å². The first-order valence-corrected chi connectivity index (χ1v) is 9.28. The van der Waals surface area contributed by atoms with Crippen LogP contribution in [0.1, 0.15) is 23.3 Å². The van der Waals surface area contributed by atoms with Crippen molar-refractivity contribution in [3.63, 3.8) is 0 Å². The van der Waals surface area contributed by atoms with E-state index in [4.69, 9.17) is 0 Å². The fourth-order valence-corrected chi connectivity index (χ4v) is 5.01. The summed E-state index contributed by atoms with van der Waals surface area (Å²) in [6.45, 7) is 4.16. The van der Waals surface area contributed by atoms with Crippen LogP contribution >= 0.6 is 11.3 Å². The van der Waals surface area contributed by atoms with Gasteiger partial charge < -0.3 is 5.32 Å². The van der Waals surface area contributed by atoms with Crippen molar-refractivity contribution in [1.29, 1.82) is 0 Å². The summed E-state index contributed by atoms with van der Waals surface area (Å²) >= 11 is 1.67. The fraction of sp³-hybridized carbons (Fsp3) is 0.538. The minimum absolute atomic E-state index is 0.177. The Morgan fingerprint density at radius 1 is 1.25 bits per heavy atom. The number of nitrogens with one attached hydrogen (secondary N) is 1. The third-order valence-electron chi connectivity index (χ3n) is 3.86. The minimum atomic E-state index is -2.83. The van der Waals surface area contributed by atoms with Gasteiger partial charge in [0.1, 0.15) is 26.8 Å². The first kappa shape index (κ1) is 13.8. The number of hydrogen-bond acceptors (Lipinski definition) is 6. The largest absolute Gasteiger partial charge is 0.367 e. The van der Waals surface area contributed by atoms with Crippen LogP contribution in [0.3, 0.4) is 0 Å². The predicted molar refractivity (Wildman–Crippen MR) is 82.2 cm³/mol. The molecule has 2 aromatic rings. The Labute approximate surface area is 122 Å². The van der Waals surface area contributed by atoms with Crippen molar-refractivity contribution in [2.24, 2.45) is 0 Å². The van der Waals surface area contributed by atoms with Gasteiger partial charge in [0.25, 0.3) is 0 Å². The minimum Gasteiger partial charge on any atom is -0.367 e. The lowest BCUT2D eigenvalue weighted by molar-refractivity contribution is 0.559. The highest BCUT2D eigenvalue weighted by Gasteiger charge is 2.24. The molecule has 0 radical (unpaired) electrons. The predicted octanol–water partition coefficient (Wildman–Crippen LogP) is 2.30. The van der Waals surface area contributed by atoms with E-state index in [0.717, 1.165) is 16.0 Å². The summed E-state index contributed by atoms with van der Waals surface area (Å²) in [7, 11) is -2.83. The van der Waals surface area contributed by atoms with Crippen LogP contribution in [0.4, 0.5) is 5.82 Å². The number of sulfone groups is 1. The molecule has 0 bridgehead atoms. The molecule has 3 heterocycles. The second kappa shape index (κ2) is 4.96. The second-order valence-corrected chi connectivity index (χ2v) is 8.76. The molecule has 108 valence electrons. The van der Waals surface area contributed by atoms with E-state index >= 15 is 0 Å². The zero-order chi connectivity index (χ0) is 14.3. The van der Waals surface area contributed by atoms with Crippen molar-refractivity contribution >= 4 is 37.2 Å². The van der Waals surface area contributed by atoms with E-state index in [1.165, 1.54) is 10.4 Å². The highest BCUT2D eigenvalue weighted by molar-refractivity contribution is 7.91. The molecule has 1 aliphatic rings. The van der Waals surface area contributed by atoms with Crippen molar-refractivity contribution in [1.82, 2.24) is 9.97 Å². The van der Waals surface area contributed by atoms with Gasteiger partial charge in [-0.25, -0.2) is 18.4 Å². The van der Waals surface area contributed by atoms with E-state index in [9.17, 15) is 8.42 Å². The lowest BCUT2D eigenvalue weighted by Gasteiger charge is -2.23. The molecule has 0 aliphatic carbocycles. The first-order chi connectivity index (χ1) is 9.46. The Kier molecular flexibility index (Phi) is 3.41. The maximum Gasteiger partial charge on any atom is 0.150 e. The molecular weight excluding hydrogens is 294 g/mol. The molecule has 5 nitrogen and oxygen atoms in total. The second-order valence-electron chi connectivity index (χ2n) is 5.26. The van der Waals surface area contributed by atoms with Crippen LogP contribution in [-0.4, -0.2) is 35.9 Å². The fourth-order valence-electron chi connectivity index (χ4n) is 2.52. The number of rotatable bonds is 2. The summed E-state index contributed by atoms with van der Waals surface area (Å²) in [5.74, 6) is 1.36. The molecule has 0 spiro atoms. The van der Waals surface area contributed by atoms with Crippen LogP contribution in [0.15, 0.2) is 6.33 Å². The van der Waals surface area contributed by atoms with Crippen molar-refractivity contribution in [2.75, 3.05) is 16.8 Å². The van der Waals surface area contributed by atoms with Gasteiger partial charge in [0.2, 0.25) is 0 Å². The molecule has 1 N–H and O–H groups in total. The van der Waals surface area contributed by atoms with Gasteiger partial charge in [-0.1, -0.05) is 0 Å². The van der Waals surface area contributed by atoms with Gasteiger partial charge in [0, 0.05) is 10.9 Å². The third kappa shape index (κ3) is 2.52. The number of fused-ring (bicyclic) bond motifs is 1. The van der Waals surface area contributed by atoms with Crippen LogP contribution in [0.25, 0.3) is 10.2 Å². The lowest BCUT2D eigenvalue weighted by atomic mass is 10.1. The average molecular weight is 311 g/mol. The van der Waals surface area contributed by atoms with E-state index in [-0.39, 0.29) is 17.5 Å². The molecule has 1 saturated heterocycles. The normalized spacial score (nSPS) is 19.3. The molecule has 20 heavy (non-hydrogen) atoms. The number of thiophene rings is 1. The molecule has 2 aromatic heterocycles. The number of aromatic nitrogens is 2. The summed E-state index contributed by atoms with van der Waals surface area (Å²) in [5, 5.41) is 4.48. The Bertz CT molecular complexity index is 738. The van der Waals surface area contributed by atoms with Crippen LogP contribution in [0, 0.1) is 13.8 Å². The van der Waals surface area contributed by atoms with Crippen molar-refractivity contribution < 1.29 is 8.42 Å². The Balaban J connectivity index is 1.88. The maximum absolute atomic E-state index is 11.5. The average Bonchev–Trinajstić information content (AvgIpc) is 2.69. The van der Waals surface area contributed by atoms with Gasteiger partial charge in [-0.3, -0.25) is 0 Å². The third-order valence-corrected chi connectivity index (χ3v) is 6.69. The molecular formula is C13H17N3O2S2. The highest BCUT2D eigenvalue weighted by atomic mass is 32.2. The maximum atomic E-state index is 11.5. The van der Waals surface area contributed by atoms with Crippen LogP contribution < -0.4 is 5.32 Å². The summed E-state index contributed by atoms with van der Waals surface area (Å²) < 4.78 is 22.9.